The Bertz CT molecular complexity index is 398. The van der Waals surface area contributed by atoms with Crippen molar-refractivity contribution in [1.82, 2.24) is 4.90 Å². The zero-order valence-corrected chi connectivity index (χ0v) is 14.3. The van der Waals surface area contributed by atoms with Crippen molar-refractivity contribution in [2.45, 2.75) is 6.42 Å². The minimum atomic E-state index is 0.603. The average Bonchev–Trinajstić information content (AvgIpc) is 2.51. The van der Waals surface area contributed by atoms with Gasteiger partial charge in [0.25, 0.3) is 0 Å². The van der Waals surface area contributed by atoms with Crippen molar-refractivity contribution in [2.24, 2.45) is 0 Å². The number of alkyl halides is 2. The van der Waals surface area contributed by atoms with E-state index in [0.717, 1.165) is 31.6 Å². The zero-order valence-electron chi connectivity index (χ0n) is 12.8. The molecule has 0 aromatic heterocycles. The minimum absolute atomic E-state index is 0.603. The van der Waals surface area contributed by atoms with Crippen LogP contribution >= 0.6 is 23.2 Å². The highest BCUT2D eigenvalue weighted by Crippen LogP contribution is 2.38. The summed E-state index contributed by atoms with van der Waals surface area (Å²) < 4.78 is 16.0. The van der Waals surface area contributed by atoms with E-state index >= 15 is 0 Å². The number of halogens is 2. The number of rotatable bonds is 10. The van der Waals surface area contributed by atoms with E-state index in [1.807, 2.05) is 12.1 Å². The highest BCUT2D eigenvalue weighted by molar-refractivity contribution is 6.18. The summed E-state index contributed by atoms with van der Waals surface area (Å²) in [4.78, 5) is 2.24. The van der Waals surface area contributed by atoms with E-state index in [0.29, 0.717) is 29.0 Å². The largest absolute Gasteiger partial charge is 0.493 e. The van der Waals surface area contributed by atoms with Crippen molar-refractivity contribution in [3.63, 3.8) is 0 Å². The first-order chi connectivity index (χ1) is 10.2. The van der Waals surface area contributed by atoms with Crippen LogP contribution in [0.25, 0.3) is 0 Å². The average molecular weight is 336 g/mol. The van der Waals surface area contributed by atoms with Gasteiger partial charge in [-0.3, -0.25) is 0 Å². The number of methoxy groups -OCH3 is 3. The quantitative estimate of drug-likeness (QED) is 0.615. The van der Waals surface area contributed by atoms with Gasteiger partial charge in [0.1, 0.15) is 0 Å². The number of hydrogen-bond acceptors (Lipinski definition) is 4. The molecule has 0 amide bonds. The number of benzene rings is 1. The molecular weight excluding hydrogens is 313 g/mol. The molecule has 0 N–H and O–H groups in total. The van der Waals surface area contributed by atoms with E-state index in [4.69, 9.17) is 37.4 Å². The summed E-state index contributed by atoms with van der Waals surface area (Å²) >= 11 is 11.6. The first kappa shape index (κ1) is 18.2. The zero-order chi connectivity index (χ0) is 15.7. The lowest BCUT2D eigenvalue weighted by Gasteiger charge is -2.20. The SMILES string of the molecule is COc1cc(CCN(CCCl)CCCl)cc(OC)c1OC. The van der Waals surface area contributed by atoms with Crippen molar-refractivity contribution in [3.05, 3.63) is 17.7 Å². The predicted octanol–water partition coefficient (Wildman–Crippen LogP) is 3.03. The van der Waals surface area contributed by atoms with E-state index in [2.05, 4.69) is 4.90 Å². The van der Waals surface area contributed by atoms with Crippen molar-refractivity contribution in [3.8, 4) is 17.2 Å². The van der Waals surface area contributed by atoms with Crippen LogP contribution in [0.1, 0.15) is 5.56 Å². The Labute approximate surface area is 136 Å². The van der Waals surface area contributed by atoms with Crippen LogP contribution in [-0.2, 0) is 6.42 Å². The molecule has 0 saturated heterocycles. The van der Waals surface area contributed by atoms with Gasteiger partial charge in [0.2, 0.25) is 5.75 Å². The normalized spacial score (nSPS) is 10.8. The highest BCUT2D eigenvalue weighted by Gasteiger charge is 2.13. The van der Waals surface area contributed by atoms with Gasteiger partial charge in [-0.05, 0) is 24.1 Å². The Morgan fingerprint density at radius 2 is 1.38 bits per heavy atom. The number of nitrogens with zero attached hydrogens (tertiary/aromatic N) is 1. The van der Waals surface area contributed by atoms with Gasteiger partial charge >= 0.3 is 0 Å². The van der Waals surface area contributed by atoms with Gasteiger partial charge in [0, 0.05) is 31.4 Å². The third-order valence-electron chi connectivity index (χ3n) is 3.24. The Hall–Kier alpha value is -0.840. The summed E-state index contributed by atoms with van der Waals surface area (Å²) in [5.74, 6) is 3.17. The third-order valence-corrected chi connectivity index (χ3v) is 3.58. The molecule has 0 atom stereocenters. The van der Waals surface area contributed by atoms with Crippen LogP contribution in [-0.4, -0.2) is 57.6 Å². The molecule has 1 aromatic rings. The lowest BCUT2D eigenvalue weighted by molar-refractivity contribution is 0.308. The Kier molecular flexibility index (Phi) is 8.66. The fourth-order valence-electron chi connectivity index (χ4n) is 2.14. The van der Waals surface area contributed by atoms with Crippen molar-refractivity contribution >= 4 is 23.2 Å². The molecular formula is C15H23Cl2NO3. The topological polar surface area (TPSA) is 30.9 Å². The molecule has 120 valence electrons. The van der Waals surface area contributed by atoms with E-state index in [-0.39, 0.29) is 0 Å². The number of ether oxygens (including phenoxy) is 3. The van der Waals surface area contributed by atoms with Gasteiger partial charge in [-0.2, -0.15) is 0 Å². The van der Waals surface area contributed by atoms with Crippen molar-refractivity contribution in [1.29, 1.82) is 0 Å². The van der Waals surface area contributed by atoms with E-state index in [1.165, 1.54) is 0 Å². The van der Waals surface area contributed by atoms with Crippen molar-refractivity contribution in [2.75, 3.05) is 52.7 Å². The van der Waals surface area contributed by atoms with Gasteiger partial charge in [0.05, 0.1) is 21.3 Å². The maximum Gasteiger partial charge on any atom is 0.203 e. The lowest BCUT2D eigenvalue weighted by atomic mass is 10.1. The van der Waals surface area contributed by atoms with Gasteiger partial charge in [-0.15, -0.1) is 23.2 Å². The molecule has 0 radical (unpaired) electrons. The van der Waals surface area contributed by atoms with Crippen LogP contribution in [0, 0.1) is 0 Å². The van der Waals surface area contributed by atoms with Crippen LogP contribution in [0.2, 0.25) is 0 Å². The Balaban J connectivity index is 2.83. The summed E-state index contributed by atoms with van der Waals surface area (Å²) in [6.07, 6.45) is 0.866. The van der Waals surface area contributed by atoms with Crippen LogP contribution in [0.5, 0.6) is 17.2 Å². The van der Waals surface area contributed by atoms with Crippen LogP contribution in [0.4, 0.5) is 0 Å². The lowest BCUT2D eigenvalue weighted by Crippen LogP contribution is -2.30. The molecule has 0 unspecified atom stereocenters. The molecule has 1 rings (SSSR count). The summed E-state index contributed by atoms with van der Waals surface area (Å²) in [5.41, 5.74) is 1.12. The molecule has 0 aliphatic carbocycles. The Morgan fingerprint density at radius 3 is 1.76 bits per heavy atom. The summed E-state index contributed by atoms with van der Waals surface area (Å²) in [7, 11) is 4.84. The second-order valence-corrected chi connectivity index (χ2v) is 5.26. The van der Waals surface area contributed by atoms with E-state index < -0.39 is 0 Å². The molecule has 4 nitrogen and oxygen atoms in total. The highest BCUT2D eigenvalue weighted by atomic mass is 35.5. The molecule has 0 spiro atoms. The van der Waals surface area contributed by atoms with Gasteiger partial charge in [-0.25, -0.2) is 0 Å². The molecule has 1 aromatic carbocycles. The molecule has 0 aliphatic rings. The van der Waals surface area contributed by atoms with Gasteiger partial charge in [-0.1, -0.05) is 0 Å². The number of hydrogen-bond donors (Lipinski definition) is 0. The molecule has 0 saturated carbocycles. The first-order valence-corrected chi connectivity index (χ1v) is 7.90. The monoisotopic (exact) mass is 335 g/mol. The molecule has 0 fully saturated rings. The molecule has 0 heterocycles. The maximum atomic E-state index is 5.81. The van der Waals surface area contributed by atoms with Crippen LogP contribution in [0.3, 0.4) is 0 Å². The summed E-state index contributed by atoms with van der Waals surface area (Å²) in [5, 5.41) is 0. The molecule has 6 heteroatoms. The molecule has 0 aliphatic heterocycles. The Morgan fingerprint density at radius 1 is 0.857 bits per heavy atom. The van der Waals surface area contributed by atoms with Crippen LogP contribution in [0.15, 0.2) is 12.1 Å². The van der Waals surface area contributed by atoms with E-state index in [1.54, 1.807) is 21.3 Å². The summed E-state index contributed by atoms with van der Waals surface area (Å²) in [6, 6.07) is 3.95. The maximum absolute atomic E-state index is 5.81. The minimum Gasteiger partial charge on any atom is -0.493 e. The molecule has 0 bridgehead atoms. The second kappa shape index (κ2) is 9.98. The van der Waals surface area contributed by atoms with Gasteiger partial charge < -0.3 is 19.1 Å². The predicted molar refractivity (Wildman–Crippen MR) is 87.7 cm³/mol. The standard InChI is InChI=1S/C15H23Cl2NO3/c1-19-13-10-12(11-14(20-2)15(13)21-3)4-7-18(8-5-16)9-6-17/h10-11H,4-9H2,1-3H3. The molecule has 21 heavy (non-hydrogen) atoms. The fraction of sp³-hybridized carbons (Fsp3) is 0.600. The summed E-state index contributed by atoms with van der Waals surface area (Å²) in [6.45, 7) is 2.55. The van der Waals surface area contributed by atoms with E-state index in [9.17, 15) is 0 Å². The second-order valence-electron chi connectivity index (χ2n) is 4.50. The van der Waals surface area contributed by atoms with Crippen LogP contribution < -0.4 is 14.2 Å². The van der Waals surface area contributed by atoms with Gasteiger partial charge in [0.15, 0.2) is 11.5 Å². The smallest absolute Gasteiger partial charge is 0.203 e. The van der Waals surface area contributed by atoms with Crippen molar-refractivity contribution < 1.29 is 14.2 Å². The third kappa shape index (κ3) is 5.46. The fourth-order valence-corrected chi connectivity index (χ4v) is 2.62. The first-order valence-electron chi connectivity index (χ1n) is 6.83.